The average molecular weight is 295 g/mol. The molecule has 0 aromatic carbocycles. The van der Waals surface area contributed by atoms with E-state index in [4.69, 9.17) is 10.5 Å². The number of amides is 1. The first kappa shape index (κ1) is 16.7. The Hall–Kier alpha value is -1.39. The molecule has 0 spiro atoms. The highest BCUT2D eigenvalue weighted by atomic mass is 32.1. The first-order valence-electron chi connectivity index (χ1n) is 6.42. The highest BCUT2D eigenvalue weighted by Crippen LogP contribution is 2.14. The van der Waals surface area contributed by atoms with Gasteiger partial charge in [0, 0.05) is 26.7 Å². The Morgan fingerprint density at radius 2 is 2.30 bits per heavy atom. The zero-order chi connectivity index (χ0) is 14.8. The van der Waals surface area contributed by atoms with Gasteiger partial charge < -0.3 is 20.7 Å². The molecular weight excluding hydrogens is 274 g/mol. The molecule has 1 amide bonds. The highest BCUT2D eigenvalue weighted by molar-refractivity contribution is 7.14. The second-order valence-electron chi connectivity index (χ2n) is 4.22. The molecule has 1 aromatic heterocycles. The molecule has 1 rings (SSSR count). The summed E-state index contributed by atoms with van der Waals surface area (Å²) < 4.78 is 5.00. The van der Waals surface area contributed by atoms with Gasteiger partial charge >= 0.3 is 0 Å². The predicted octanol–water partition coefficient (Wildman–Crippen LogP) is 0.366. The molecule has 0 unspecified atom stereocenters. The van der Waals surface area contributed by atoms with E-state index in [0.717, 1.165) is 18.0 Å². The zero-order valence-electron chi connectivity index (χ0n) is 11.9. The van der Waals surface area contributed by atoms with Crippen LogP contribution in [0.2, 0.25) is 0 Å². The van der Waals surface area contributed by atoms with Crippen LogP contribution in [0.15, 0.2) is 12.1 Å². The summed E-state index contributed by atoms with van der Waals surface area (Å²) in [6, 6.07) is 3.63. The van der Waals surface area contributed by atoms with E-state index in [9.17, 15) is 4.79 Å². The molecule has 0 atom stereocenters. The summed E-state index contributed by atoms with van der Waals surface area (Å²) >= 11 is 1.38. The third-order valence-electron chi connectivity index (χ3n) is 2.60. The van der Waals surface area contributed by atoms with Crippen LogP contribution < -0.4 is 11.1 Å². The number of carbonyl (C=O) groups excluding carboxylic acids is 1. The summed E-state index contributed by atoms with van der Waals surface area (Å²) in [7, 11) is 3.67. The van der Waals surface area contributed by atoms with Gasteiger partial charge in [-0.15, -0.1) is 11.3 Å². The van der Waals surface area contributed by atoms with Crippen molar-refractivity contribution in [3.05, 3.63) is 21.9 Å². The highest BCUT2D eigenvalue weighted by Gasteiger charge is 2.08. The van der Waals surface area contributed by atoms with E-state index < -0.39 is 0 Å². The van der Waals surface area contributed by atoms with Crippen molar-refractivity contribution in [1.82, 2.24) is 10.2 Å². The number of likely N-dealkylation sites (N-methyl/N-ethyl adjacent to an activating group) is 1. The second-order valence-corrected chi connectivity index (χ2v) is 5.31. The van der Waals surface area contributed by atoms with Gasteiger partial charge in [0.25, 0.3) is 5.91 Å². The summed E-state index contributed by atoms with van der Waals surface area (Å²) in [6.45, 7) is 3.27. The van der Waals surface area contributed by atoms with Crippen LogP contribution in [0.1, 0.15) is 14.5 Å². The summed E-state index contributed by atoms with van der Waals surface area (Å²) in [5.74, 6) is 5.63. The smallest absolute Gasteiger partial charge is 0.261 e. The Kier molecular flexibility index (Phi) is 7.92. The van der Waals surface area contributed by atoms with Gasteiger partial charge in [0.15, 0.2) is 0 Å². The fourth-order valence-electron chi connectivity index (χ4n) is 1.47. The molecule has 0 radical (unpaired) electrons. The van der Waals surface area contributed by atoms with E-state index in [1.54, 1.807) is 13.2 Å². The Morgan fingerprint density at radius 1 is 1.50 bits per heavy atom. The fourth-order valence-corrected chi connectivity index (χ4v) is 2.27. The van der Waals surface area contributed by atoms with Gasteiger partial charge in [-0.1, -0.05) is 11.8 Å². The number of nitrogens with zero attached hydrogens (tertiary/aromatic N) is 1. The Morgan fingerprint density at radius 3 is 3.00 bits per heavy atom. The molecule has 6 heteroatoms. The molecule has 0 fully saturated rings. The number of hydrogen-bond acceptors (Lipinski definition) is 5. The molecule has 0 aliphatic rings. The predicted molar refractivity (Wildman–Crippen MR) is 82.0 cm³/mol. The number of rotatable bonds is 7. The van der Waals surface area contributed by atoms with Crippen molar-refractivity contribution in [2.45, 2.75) is 0 Å². The molecule has 5 nitrogen and oxygen atoms in total. The van der Waals surface area contributed by atoms with E-state index >= 15 is 0 Å². The Bertz CT molecular complexity index is 476. The number of methoxy groups -OCH3 is 1. The van der Waals surface area contributed by atoms with Crippen molar-refractivity contribution in [3.8, 4) is 11.8 Å². The van der Waals surface area contributed by atoms with Gasteiger partial charge in [-0.05, 0) is 19.2 Å². The van der Waals surface area contributed by atoms with Gasteiger partial charge in [0.2, 0.25) is 0 Å². The third-order valence-corrected chi connectivity index (χ3v) is 3.60. The van der Waals surface area contributed by atoms with Crippen molar-refractivity contribution in [3.63, 3.8) is 0 Å². The van der Waals surface area contributed by atoms with Crippen LogP contribution in [0.5, 0.6) is 0 Å². The van der Waals surface area contributed by atoms with E-state index in [2.05, 4.69) is 22.1 Å². The lowest BCUT2D eigenvalue weighted by Gasteiger charge is -2.15. The van der Waals surface area contributed by atoms with Crippen molar-refractivity contribution in [2.75, 3.05) is 46.9 Å². The first-order chi connectivity index (χ1) is 9.67. The summed E-state index contributed by atoms with van der Waals surface area (Å²) in [6.07, 6.45) is 0. The van der Waals surface area contributed by atoms with Gasteiger partial charge in [0.1, 0.15) is 0 Å². The number of nitrogens with one attached hydrogen (secondary N) is 1. The minimum Gasteiger partial charge on any atom is -0.383 e. The molecule has 0 aliphatic carbocycles. The largest absolute Gasteiger partial charge is 0.383 e. The van der Waals surface area contributed by atoms with E-state index in [-0.39, 0.29) is 5.91 Å². The van der Waals surface area contributed by atoms with Gasteiger partial charge in [0.05, 0.1) is 22.9 Å². The summed E-state index contributed by atoms with van der Waals surface area (Å²) in [5, 5.41) is 2.89. The van der Waals surface area contributed by atoms with E-state index in [0.29, 0.717) is 24.6 Å². The molecule has 3 N–H and O–H groups in total. The number of carbonyl (C=O) groups is 1. The third kappa shape index (κ3) is 6.17. The first-order valence-corrected chi connectivity index (χ1v) is 7.23. The molecule has 1 aromatic rings. The summed E-state index contributed by atoms with van der Waals surface area (Å²) in [5.41, 5.74) is 5.31. The molecular formula is C14H21N3O2S. The molecule has 0 saturated heterocycles. The number of nitrogens with two attached hydrogens (primary N) is 1. The average Bonchev–Trinajstić information content (AvgIpc) is 2.91. The molecule has 1 heterocycles. The lowest BCUT2D eigenvalue weighted by atomic mass is 10.4. The Balaban J connectivity index is 2.34. The lowest BCUT2D eigenvalue weighted by Crippen LogP contribution is -2.34. The SMILES string of the molecule is COCCN(C)CCNC(=O)c1ccc(C#CCN)s1. The van der Waals surface area contributed by atoms with E-state index in [1.165, 1.54) is 11.3 Å². The van der Waals surface area contributed by atoms with Crippen LogP contribution in [0, 0.1) is 11.8 Å². The van der Waals surface area contributed by atoms with E-state index in [1.807, 2.05) is 13.1 Å². The summed E-state index contributed by atoms with van der Waals surface area (Å²) in [4.78, 5) is 15.5. The molecule has 20 heavy (non-hydrogen) atoms. The zero-order valence-corrected chi connectivity index (χ0v) is 12.8. The van der Waals surface area contributed by atoms with Crippen molar-refractivity contribution >= 4 is 17.2 Å². The Labute approximate surface area is 124 Å². The van der Waals surface area contributed by atoms with Gasteiger partial charge in [-0.25, -0.2) is 0 Å². The molecule has 0 aliphatic heterocycles. The molecule has 0 saturated carbocycles. The van der Waals surface area contributed by atoms with Crippen LogP contribution in [-0.2, 0) is 4.74 Å². The fraction of sp³-hybridized carbons (Fsp3) is 0.500. The van der Waals surface area contributed by atoms with Crippen molar-refractivity contribution in [2.24, 2.45) is 5.73 Å². The quantitative estimate of drug-likeness (QED) is 0.713. The van der Waals surface area contributed by atoms with Crippen LogP contribution in [0.3, 0.4) is 0 Å². The second kappa shape index (κ2) is 9.50. The minimum atomic E-state index is -0.0593. The maximum absolute atomic E-state index is 11.9. The van der Waals surface area contributed by atoms with Crippen LogP contribution in [0.4, 0.5) is 0 Å². The topological polar surface area (TPSA) is 67.6 Å². The minimum absolute atomic E-state index is 0.0593. The maximum Gasteiger partial charge on any atom is 0.261 e. The van der Waals surface area contributed by atoms with Crippen LogP contribution in [-0.4, -0.2) is 57.8 Å². The molecule has 0 bridgehead atoms. The number of thiophene rings is 1. The molecule has 110 valence electrons. The standard InChI is InChI=1S/C14H21N3O2S/c1-17(10-11-19-2)9-8-16-14(18)13-6-5-12(20-13)4-3-7-15/h5-6H,7-11,15H2,1-2H3,(H,16,18). The van der Waals surface area contributed by atoms with Gasteiger partial charge in [-0.3, -0.25) is 4.79 Å². The van der Waals surface area contributed by atoms with Gasteiger partial charge in [-0.2, -0.15) is 0 Å². The normalized spacial score (nSPS) is 10.2. The number of hydrogen-bond donors (Lipinski definition) is 2. The maximum atomic E-state index is 11.9. The lowest BCUT2D eigenvalue weighted by molar-refractivity contribution is 0.0951. The number of ether oxygens (including phenoxy) is 1. The van der Waals surface area contributed by atoms with Crippen molar-refractivity contribution in [1.29, 1.82) is 0 Å². The van der Waals surface area contributed by atoms with Crippen LogP contribution >= 0.6 is 11.3 Å². The van der Waals surface area contributed by atoms with Crippen LogP contribution in [0.25, 0.3) is 0 Å². The van der Waals surface area contributed by atoms with Crippen molar-refractivity contribution < 1.29 is 9.53 Å². The monoisotopic (exact) mass is 295 g/mol.